The second kappa shape index (κ2) is 13.3. The van der Waals surface area contributed by atoms with Crippen molar-refractivity contribution in [1.82, 2.24) is 15.0 Å². The first-order valence-corrected chi connectivity index (χ1v) is 20.9. The third-order valence-electron chi connectivity index (χ3n) is 12.7. The van der Waals surface area contributed by atoms with E-state index < -0.39 is 0 Å². The van der Waals surface area contributed by atoms with Crippen molar-refractivity contribution >= 4 is 65.4 Å². The number of benzene rings is 9. The van der Waals surface area contributed by atoms with Gasteiger partial charge < -0.3 is 8.83 Å². The van der Waals surface area contributed by atoms with Crippen LogP contribution in [-0.2, 0) is 6.42 Å². The molecule has 61 heavy (non-hydrogen) atoms. The van der Waals surface area contributed by atoms with E-state index in [0.29, 0.717) is 17.5 Å². The molecule has 1 atom stereocenters. The molecule has 9 aromatic carbocycles. The summed E-state index contributed by atoms with van der Waals surface area (Å²) in [7, 11) is 0. The summed E-state index contributed by atoms with van der Waals surface area (Å²) in [6.07, 6.45) is 1.87. The van der Waals surface area contributed by atoms with E-state index in [0.717, 1.165) is 84.2 Å². The van der Waals surface area contributed by atoms with Gasteiger partial charge in [0.25, 0.3) is 0 Å². The number of hydrogen-bond acceptors (Lipinski definition) is 5. The van der Waals surface area contributed by atoms with E-state index >= 15 is 0 Å². The zero-order valence-electron chi connectivity index (χ0n) is 33.0. The van der Waals surface area contributed by atoms with E-state index in [2.05, 4.69) is 146 Å². The van der Waals surface area contributed by atoms with E-state index in [1.54, 1.807) is 0 Å². The van der Waals surface area contributed by atoms with Crippen molar-refractivity contribution in [2.45, 2.75) is 18.8 Å². The number of aryl methyl sites for hydroxylation is 1. The van der Waals surface area contributed by atoms with Crippen molar-refractivity contribution in [3.63, 3.8) is 0 Å². The smallest absolute Gasteiger partial charge is 0.164 e. The molecule has 13 rings (SSSR count). The van der Waals surface area contributed by atoms with Gasteiger partial charge in [-0.15, -0.1) is 0 Å². The number of furan rings is 2. The summed E-state index contributed by atoms with van der Waals surface area (Å²) >= 11 is 0. The fourth-order valence-corrected chi connectivity index (χ4v) is 9.82. The number of rotatable bonds is 4. The van der Waals surface area contributed by atoms with E-state index in [4.69, 9.17) is 23.8 Å². The van der Waals surface area contributed by atoms with Crippen LogP contribution in [0.4, 0.5) is 0 Å². The quantitative estimate of drug-likeness (QED) is 0.178. The van der Waals surface area contributed by atoms with Gasteiger partial charge in [0.1, 0.15) is 22.3 Å². The van der Waals surface area contributed by atoms with Crippen molar-refractivity contribution in [2.75, 3.05) is 0 Å². The number of aromatic nitrogens is 3. The molecule has 3 aromatic heterocycles. The Hall–Kier alpha value is -7.89. The second-order valence-corrected chi connectivity index (χ2v) is 16.2. The van der Waals surface area contributed by atoms with Crippen LogP contribution in [0.5, 0.6) is 0 Å². The zero-order chi connectivity index (χ0) is 40.0. The van der Waals surface area contributed by atoms with Crippen LogP contribution in [-0.4, -0.2) is 15.0 Å². The monoisotopic (exact) mass is 781 g/mol. The highest BCUT2D eigenvalue weighted by Gasteiger charge is 2.28. The Labute approximate surface area is 350 Å². The highest BCUT2D eigenvalue weighted by Crippen LogP contribution is 2.47. The predicted molar refractivity (Wildman–Crippen MR) is 248 cm³/mol. The maximum absolute atomic E-state index is 6.76. The Morgan fingerprint density at radius 3 is 1.79 bits per heavy atom. The van der Waals surface area contributed by atoms with Gasteiger partial charge in [-0.2, -0.15) is 0 Å². The summed E-state index contributed by atoms with van der Waals surface area (Å²) < 4.78 is 13.0. The van der Waals surface area contributed by atoms with Crippen molar-refractivity contribution < 1.29 is 8.83 Å². The largest absolute Gasteiger partial charge is 0.456 e. The van der Waals surface area contributed by atoms with Crippen LogP contribution in [0.15, 0.2) is 191 Å². The van der Waals surface area contributed by atoms with Gasteiger partial charge in [-0.25, -0.2) is 15.0 Å². The van der Waals surface area contributed by atoms with E-state index in [1.807, 2.05) is 36.4 Å². The van der Waals surface area contributed by atoms with Crippen LogP contribution in [0.2, 0.25) is 0 Å². The molecule has 1 aliphatic rings. The molecule has 5 nitrogen and oxygen atoms in total. The van der Waals surface area contributed by atoms with Crippen LogP contribution >= 0.6 is 0 Å². The Kier molecular flexibility index (Phi) is 7.43. The molecule has 3 heterocycles. The summed E-state index contributed by atoms with van der Waals surface area (Å²) in [5.41, 5.74) is 12.5. The molecule has 0 aliphatic heterocycles. The molecule has 0 fully saturated rings. The van der Waals surface area contributed by atoms with Gasteiger partial charge in [0.2, 0.25) is 0 Å². The van der Waals surface area contributed by atoms with Gasteiger partial charge in [0, 0.05) is 44.2 Å². The SMILES string of the molecule is c1ccc2c(c1)-c1cc3ccccc3cc1CCC2c1cc(-c2nc(-c3ccc4ccccc4c3)nc(-c3ccc4oc5ccccc5c4c3)n2)cc2oc3ccccc3c12. The standard InChI is InChI=1S/C56H35N3O2/c1-2-12-34-28-38(22-21-33(34)11-1)54-57-55(39-24-26-51-47(30-39)44-17-7-9-19-49(44)60-51)59-56(58-54)40-31-48(53-45-18-8-10-20-50(45)61-52(53)32-40)43-25-23-37-27-35-13-3-4-14-36(35)29-46(37)42-16-6-5-15-41(42)43/h1-22,24,26-32,43H,23,25H2. The molecular weight excluding hydrogens is 747 g/mol. The molecule has 0 spiro atoms. The number of para-hydroxylation sites is 2. The average Bonchev–Trinajstić information content (AvgIpc) is 3.84. The van der Waals surface area contributed by atoms with Gasteiger partial charge in [0.05, 0.1) is 0 Å². The molecule has 1 unspecified atom stereocenters. The van der Waals surface area contributed by atoms with E-state index in [1.165, 1.54) is 38.6 Å². The van der Waals surface area contributed by atoms with Gasteiger partial charge in [-0.3, -0.25) is 0 Å². The third kappa shape index (κ3) is 5.51. The summed E-state index contributed by atoms with van der Waals surface area (Å²) in [5, 5.41) is 9.15. The predicted octanol–water partition coefficient (Wildman–Crippen LogP) is 14.7. The summed E-state index contributed by atoms with van der Waals surface area (Å²) in [6, 6.07) is 64.5. The number of nitrogens with zero attached hydrogens (tertiary/aromatic N) is 3. The van der Waals surface area contributed by atoms with Crippen molar-refractivity contribution in [1.29, 1.82) is 0 Å². The molecule has 5 heteroatoms. The lowest BCUT2D eigenvalue weighted by atomic mass is 9.83. The molecule has 1 aliphatic carbocycles. The highest BCUT2D eigenvalue weighted by atomic mass is 16.3. The molecule has 0 saturated carbocycles. The fourth-order valence-electron chi connectivity index (χ4n) is 9.82. The second-order valence-electron chi connectivity index (χ2n) is 16.2. The van der Waals surface area contributed by atoms with Crippen LogP contribution in [0.25, 0.3) is 111 Å². The Balaban J connectivity index is 1.05. The van der Waals surface area contributed by atoms with Crippen LogP contribution in [0.1, 0.15) is 29.0 Å². The van der Waals surface area contributed by atoms with E-state index in [-0.39, 0.29) is 5.92 Å². The number of fused-ring (bicyclic) bond motifs is 11. The van der Waals surface area contributed by atoms with E-state index in [9.17, 15) is 0 Å². The molecule has 0 radical (unpaired) electrons. The zero-order valence-corrected chi connectivity index (χ0v) is 33.0. The fraction of sp³-hybridized carbons (Fsp3) is 0.0536. The third-order valence-corrected chi connectivity index (χ3v) is 12.7. The molecule has 0 bridgehead atoms. The summed E-state index contributed by atoms with van der Waals surface area (Å²) in [4.78, 5) is 15.8. The van der Waals surface area contributed by atoms with Crippen molar-refractivity contribution in [3.05, 3.63) is 199 Å². The minimum absolute atomic E-state index is 0.0770. The maximum Gasteiger partial charge on any atom is 0.164 e. The topological polar surface area (TPSA) is 65.0 Å². The Bertz CT molecular complexity index is 3750. The lowest BCUT2D eigenvalue weighted by molar-refractivity contribution is 0.667. The normalized spacial score (nSPS) is 13.9. The summed E-state index contributed by atoms with van der Waals surface area (Å²) in [6.45, 7) is 0. The molecule has 0 saturated heterocycles. The highest BCUT2D eigenvalue weighted by molar-refractivity contribution is 6.09. The maximum atomic E-state index is 6.76. The Morgan fingerprint density at radius 1 is 0.377 bits per heavy atom. The van der Waals surface area contributed by atoms with Crippen LogP contribution in [0, 0.1) is 0 Å². The van der Waals surface area contributed by atoms with Crippen molar-refractivity contribution in [3.8, 4) is 45.3 Å². The first-order chi connectivity index (χ1) is 30.2. The average molecular weight is 782 g/mol. The Morgan fingerprint density at radius 2 is 0.967 bits per heavy atom. The van der Waals surface area contributed by atoms with Crippen LogP contribution in [0.3, 0.4) is 0 Å². The van der Waals surface area contributed by atoms with Crippen LogP contribution < -0.4 is 0 Å². The molecular formula is C56H35N3O2. The minimum atomic E-state index is 0.0770. The van der Waals surface area contributed by atoms with Gasteiger partial charge in [-0.1, -0.05) is 127 Å². The minimum Gasteiger partial charge on any atom is -0.456 e. The number of hydrogen-bond donors (Lipinski definition) is 0. The molecule has 0 N–H and O–H groups in total. The van der Waals surface area contributed by atoms with Gasteiger partial charge >= 0.3 is 0 Å². The summed E-state index contributed by atoms with van der Waals surface area (Å²) in [5.74, 6) is 1.86. The first-order valence-electron chi connectivity index (χ1n) is 20.9. The lowest BCUT2D eigenvalue weighted by Gasteiger charge is -2.20. The first kappa shape index (κ1) is 34.0. The molecule has 0 amide bonds. The molecule has 12 aromatic rings. The van der Waals surface area contributed by atoms with Gasteiger partial charge in [-0.05, 0) is 117 Å². The van der Waals surface area contributed by atoms with Gasteiger partial charge in [0.15, 0.2) is 17.5 Å². The van der Waals surface area contributed by atoms with Crippen molar-refractivity contribution in [2.24, 2.45) is 0 Å². The molecule has 286 valence electrons. The lowest BCUT2D eigenvalue weighted by Crippen LogP contribution is -2.05.